The number of hydrogen-bond acceptors (Lipinski definition) is 9. The summed E-state index contributed by atoms with van der Waals surface area (Å²) in [5, 5.41) is 67.6. The zero-order chi connectivity index (χ0) is 78.1. The first-order valence-corrected chi connectivity index (χ1v) is 28.6. The van der Waals surface area contributed by atoms with Gasteiger partial charge in [0, 0.05) is 18.1 Å². The third-order valence-corrected chi connectivity index (χ3v) is 12.6. The van der Waals surface area contributed by atoms with Crippen molar-refractivity contribution in [1.82, 2.24) is 0 Å². The molecule has 9 rings (SSSR count). The van der Waals surface area contributed by atoms with Crippen molar-refractivity contribution < 1.29 is 154 Å². The second-order valence-corrected chi connectivity index (χ2v) is 20.4. The van der Waals surface area contributed by atoms with Crippen molar-refractivity contribution in [1.29, 1.82) is 0 Å². The normalized spacial score (nSPS) is 10.4. The maximum absolute atomic E-state index is 12.7. The standard InChI is InChI=1S/C14H9F3O2.C9H9FO2.C8H5F3O3.C8H5F3O2.2C8H6F2O2.C7H4BrFO2.C7H5FO2/c15-14(16,17)10-7-5-9(6-8-10)11-3-1-2-4-12(11)13(18)19;10-8-4-1-7(2-5-8)3-6-9(11)12;9-8(10,11)14-6-3-1-5(2-4-6)7(12)13;9-8(10,11)6-3-1-5(2-4-6)7(12)13;9-6-1-5(3-8(11)12)2-7(10)4-6;9-6-2-1-3-7(10)5(6)4-8(11)12;8-5-2-1-4(7(10)11)3-6(5)9;8-6-3-1-2-5(4-6)7(9)10/h1-8H,(H,18,19);1-2,4-5H,3,6H2,(H,11,12);1-4H,(H,12,13);1-4H,(H,12,13);1-2,4H,3H2,(H,11,12);1-3H,4H2,(H,11,12);1-3H,(H,10,11);1-4H,(H,9,10). The molecule has 0 aromatic heterocycles. The summed E-state index contributed by atoms with van der Waals surface area (Å²) in [6, 6.07) is 38.2. The highest BCUT2D eigenvalue weighted by Crippen LogP contribution is 2.33. The first-order valence-electron chi connectivity index (χ1n) is 27.8. The molecule has 546 valence electrons. The van der Waals surface area contributed by atoms with Gasteiger partial charge in [-0.15, -0.1) is 13.2 Å². The number of carbonyl (C=O) groups is 8. The number of carboxylic acids is 8. The average Bonchev–Trinajstić information content (AvgIpc) is 0.819. The number of benzene rings is 9. The van der Waals surface area contributed by atoms with Crippen LogP contribution in [0, 0.1) is 40.7 Å². The lowest BCUT2D eigenvalue weighted by Crippen LogP contribution is -2.17. The van der Waals surface area contributed by atoms with Crippen molar-refractivity contribution >= 4 is 63.7 Å². The number of aromatic carboxylic acids is 5. The summed E-state index contributed by atoms with van der Waals surface area (Å²) in [4.78, 5) is 82.6. The van der Waals surface area contributed by atoms with E-state index in [-0.39, 0.29) is 56.5 Å². The molecule has 0 unspecified atom stereocenters. The van der Waals surface area contributed by atoms with Gasteiger partial charge in [0.25, 0.3) is 0 Å². The van der Waals surface area contributed by atoms with Crippen molar-refractivity contribution in [2.24, 2.45) is 0 Å². The van der Waals surface area contributed by atoms with E-state index in [4.69, 9.17) is 40.9 Å². The summed E-state index contributed by atoms with van der Waals surface area (Å²) < 4.78 is 200. The van der Waals surface area contributed by atoms with Gasteiger partial charge >= 0.3 is 66.5 Å². The smallest absolute Gasteiger partial charge is 0.481 e. The van der Waals surface area contributed by atoms with E-state index in [1.54, 1.807) is 30.3 Å². The zero-order valence-corrected chi connectivity index (χ0v) is 53.1. The predicted octanol–water partition coefficient (Wildman–Crippen LogP) is 17.6. The number of carboxylic acid groups (broad SMARTS) is 8. The molecule has 8 N–H and O–H groups in total. The molecule has 9 aromatic rings. The first-order chi connectivity index (χ1) is 47.9. The van der Waals surface area contributed by atoms with Crippen molar-refractivity contribution in [3.8, 4) is 16.9 Å². The molecule has 0 atom stereocenters. The van der Waals surface area contributed by atoms with Crippen LogP contribution in [0.15, 0.2) is 205 Å². The molecular weight excluding hydrogens is 1480 g/mol. The van der Waals surface area contributed by atoms with E-state index in [9.17, 15) is 109 Å². The largest absolute Gasteiger partial charge is 0.573 e. The van der Waals surface area contributed by atoms with Crippen molar-refractivity contribution in [2.45, 2.75) is 44.4 Å². The lowest BCUT2D eigenvalue weighted by atomic mass is 9.99. The molecule has 0 aliphatic heterocycles. The van der Waals surface area contributed by atoms with Gasteiger partial charge in [0.15, 0.2) is 0 Å². The van der Waals surface area contributed by atoms with E-state index in [1.165, 1.54) is 66.7 Å². The Labute approximate surface area is 578 Å². The van der Waals surface area contributed by atoms with Crippen LogP contribution < -0.4 is 4.74 Å². The highest BCUT2D eigenvalue weighted by atomic mass is 79.9. The van der Waals surface area contributed by atoms with Crippen LogP contribution in [0.2, 0.25) is 0 Å². The zero-order valence-electron chi connectivity index (χ0n) is 51.6. The maximum Gasteiger partial charge on any atom is 0.573 e. The molecule has 0 amide bonds. The Hall–Kier alpha value is -12.1. The summed E-state index contributed by atoms with van der Waals surface area (Å²) >= 11 is 2.91. The molecule has 0 heterocycles. The minimum absolute atomic E-state index is 0.0278. The van der Waals surface area contributed by atoms with E-state index in [0.717, 1.165) is 103 Å². The Balaban J connectivity index is 0.000000403. The number of aliphatic carboxylic acids is 3. The molecule has 0 radical (unpaired) electrons. The summed E-state index contributed by atoms with van der Waals surface area (Å²) in [5.41, 5.74) is -0.486. The predicted molar refractivity (Wildman–Crippen MR) is 334 cm³/mol. The van der Waals surface area contributed by atoms with Crippen molar-refractivity contribution in [3.05, 3.63) is 301 Å². The lowest BCUT2D eigenvalue weighted by Gasteiger charge is -2.09. The van der Waals surface area contributed by atoms with Gasteiger partial charge in [-0.05, 0) is 184 Å². The van der Waals surface area contributed by atoms with Crippen LogP contribution in [0.4, 0.5) is 70.2 Å². The first kappa shape index (κ1) is 87.0. The van der Waals surface area contributed by atoms with E-state index in [2.05, 4.69) is 20.7 Å². The minimum Gasteiger partial charge on any atom is -0.481 e. The Morgan fingerprint density at radius 1 is 0.359 bits per heavy atom. The van der Waals surface area contributed by atoms with Gasteiger partial charge in [0.2, 0.25) is 0 Å². The van der Waals surface area contributed by atoms with Crippen LogP contribution in [0.1, 0.15) is 86.0 Å². The Morgan fingerprint density at radius 2 is 0.796 bits per heavy atom. The van der Waals surface area contributed by atoms with Gasteiger partial charge in [-0.3, -0.25) is 14.4 Å². The molecule has 0 aliphatic rings. The van der Waals surface area contributed by atoms with E-state index >= 15 is 0 Å². The summed E-state index contributed by atoms with van der Waals surface area (Å²) in [6.07, 6.45) is -14.0. The minimum atomic E-state index is -4.76. The third-order valence-electron chi connectivity index (χ3n) is 11.9. The van der Waals surface area contributed by atoms with Crippen LogP contribution in [0.25, 0.3) is 11.1 Å². The number of rotatable bonds is 14. The van der Waals surface area contributed by atoms with Gasteiger partial charge in [-0.25, -0.2) is 54.7 Å². The summed E-state index contributed by atoms with van der Waals surface area (Å²) in [7, 11) is 0. The maximum atomic E-state index is 12.7. The highest BCUT2D eigenvalue weighted by Gasteiger charge is 2.32. The molecule has 0 saturated carbocycles. The van der Waals surface area contributed by atoms with Gasteiger partial charge in [-0.1, -0.05) is 54.6 Å². The molecule has 103 heavy (non-hydrogen) atoms. The Morgan fingerprint density at radius 3 is 1.20 bits per heavy atom. The third kappa shape index (κ3) is 34.5. The molecular formula is C69H49BrF16O17. The second kappa shape index (κ2) is 41.5. The van der Waals surface area contributed by atoms with Gasteiger partial charge in [0.05, 0.1) is 56.3 Å². The monoisotopic (exact) mass is 1530 g/mol. The SMILES string of the molecule is O=C(O)CCc1ccc(F)cc1.O=C(O)Cc1c(F)cccc1F.O=C(O)Cc1cc(F)cc(F)c1.O=C(O)c1ccc(Br)c(F)c1.O=C(O)c1ccc(C(F)(F)F)cc1.O=C(O)c1ccc(OC(F)(F)F)cc1.O=C(O)c1cccc(F)c1.O=C(O)c1ccccc1-c1ccc(C(F)(F)F)cc1. The van der Waals surface area contributed by atoms with Crippen molar-refractivity contribution in [3.63, 3.8) is 0 Å². The molecule has 34 heteroatoms. The van der Waals surface area contributed by atoms with E-state index in [0.29, 0.717) is 23.6 Å². The average molecular weight is 1530 g/mol. The van der Waals surface area contributed by atoms with Crippen LogP contribution in [0.3, 0.4) is 0 Å². The Bertz CT molecular complexity index is 4280. The second-order valence-electron chi connectivity index (χ2n) is 19.6. The van der Waals surface area contributed by atoms with E-state index < -0.39 is 130 Å². The molecule has 17 nitrogen and oxygen atoms in total. The lowest BCUT2D eigenvalue weighted by molar-refractivity contribution is -0.274. The Kier molecular flexibility index (Phi) is 35.0. The van der Waals surface area contributed by atoms with Crippen LogP contribution in [-0.2, 0) is 46.0 Å². The fourth-order valence-electron chi connectivity index (χ4n) is 7.25. The molecule has 0 spiro atoms. The topological polar surface area (TPSA) is 308 Å². The van der Waals surface area contributed by atoms with Crippen LogP contribution in [-0.4, -0.2) is 95.0 Å². The molecule has 0 aliphatic carbocycles. The quantitative estimate of drug-likeness (QED) is 0.0469. The highest BCUT2D eigenvalue weighted by molar-refractivity contribution is 9.10. The van der Waals surface area contributed by atoms with Crippen LogP contribution >= 0.6 is 15.9 Å². The number of ether oxygens (including phenoxy) is 1. The molecule has 9 aromatic carbocycles. The molecule has 0 saturated heterocycles. The van der Waals surface area contributed by atoms with Gasteiger partial charge < -0.3 is 45.6 Å². The number of aryl methyl sites for hydroxylation is 1. The van der Waals surface area contributed by atoms with Crippen LogP contribution in [0.5, 0.6) is 5.75 Å². The summed E-state index contributed by atoms with van der Waals surface area (Å²) in [6.45, 7) is 0. The fraction of sp³-hybridized carbons (Fsp3) is 0.101. The van der Waals surface area contributed by atoms with Gasteiger partial charge in [0.1, 0.15) is 46.5 Å². The molecule has 0 fully saturated rings. The molecule has 0 bridgehead atoms. The summed E-state index contributed by atoms with van der Waals surface area (Å²) in [5.74, 6) is -14.0. The number of hydrogen-bond donors (Lipinski definition) is 8. The van der Waals surface area contributed by atoms with Gasteiger partial charge in [-0.2, -0.15) is 26.3 Å². The van der Waals surface area contributed by atoms with Crippen molar-refractivity contribution in [2.75, 3.05) is 0 Å². The number of halogens is 17. The fourth-order valence-corrected chi connectivity index (χ4v) is 7.50. The van der Waals surface area contributed by atoms with E-state index in [1.807, 2.05) is 0 Å². The number of alkyl halides is 9.